The highest BCUT2D eigenvalue weighted by atomic mass is 16.5. The molecule has 0 radical (unpaired) electrons. The molecule has 2 aromatic heterocycles. The molecule has 0 aliphatic carbocycles. The minimum Gasteiger partial charge on any atom is -0.378 e. The molecular weight excluding hydrogens is 466 g/mol. The Morgan fingerprint density at radius 3 is 2.65 bits per heavy atom. The number of rotatable bonds is 7. The zero-order valence-electron chi connectivity index (χ0n) is 21.4. The lowest BCUT2D eigenvalue weighted by Gasteiger charge is -2.32. The van der Waals surface area contributed by atoms with E-state index in [0.29, 0.717) is 11.4 Å². The summed E-state index contributed by atoms with van der Waals surface area (Å²) in [6, 6.07) is 16.2. The van der Waals surface area contributed by atoms with Crippen LogP contribution in [0, 0.1) is 0 Å². The van der Waals surface area contributed by atoms with Gasteiger partial charge in [0, 0.05) is 56.9 Å². The van der Waals surface area contributed by atoms with E-state index < -0.39 is 0 Å². The lowest BCUT2D eigenvalue weighted by atomic mass is 10.1. The zero-order chi connectivity index (χ0) is 25.2. The highest BCUT2D eigenvalue weighted by Crippen LogP contribution is 2.25. The van der Waals surface area contributed by atoms with Gasteiger partial charge in [-0.1, -0.05) is 18.2 Å². The van der Waals surface area contributed by atoms with Crippen molar-refractivity contribution in [3.05, 3.63) is 58.9 Å². The number of para-hydroxylation sites is 1. The van der Waals surface area contributed by atoms with Crippen LogP contribution in [0.15, 0.2) is 53.3 Å². The molecule has 6 rings (SSSR count). The van der Waals surface area contributed by atoms with Gasteiger partial charge in [-0.15, -0.1) is 0 Å². The summed E-state index contributed by atoms with van der Waals surface area (Å²) in [6.07, 6.45) is 0.976. The van der Waals surface area contributed by atoms with Crippen molar-refractivity contribution < 1.29 is 4.74 Å². The van der Waals surface area contributed by atoms with Gasteiger partial charge in [-0.25, -0.2) is 9.66 Å². The molecule has 2 aliphatic heterocycles. The fraction of sp³-hybridized carbons (Fsp3) is 0.429. The number of benzene rings is 2. The first kappa shape index (κ1) is 24.0. The van der Waals surface area contributed by atoms with Crippen LogP contribution in [-0.2, 0) is 4.74 Å². The number of fused-ring (bicyclic) bond motifs is 2. The first-order valence-electron chi connectivity index (χ1n) is 13.3. The first-order chi connectivity index (χ1) is 18.2. The van der Waals surface area contributed by atoms with E-state index in [0.717, 1.165) is 99.6 Å². The predicted octanol–water partition coefficient (Wildman–Crippen LogP) is 2.56. The molecule has 0 unspecified atom stereocenters. The normalized spacial score (nSPS) is 17.6. The quantitative estimate of drug-likeness (QED) is 0.377. The molecule has 2 aromatic carbocycles. The van der Waals surface area contributed by atoms with Gasteiger partial charge in [-0.05, 0) is 50.3 Å². The van der Waals surface area contributed by atoms with Crippen LogP contribution in [-0.4, -0.2) is 97.1 Å². The van der Waals surface area contributed by atoms with E-state index >= 15 is 0 Å². The highest BCUT2D eigenvalue weighted by molar-refractivity contribution is 5.86. The van der Waals surface area contributed by atoms with Gasteiger partial charge in [0.05, 0.1) is 35.3 Å². The van der Waals surface area contributed by atoms with Gasteiger partial charge < -0.3 is 29.8 Å². The number of nitrogens with one attached hydrogen (secondary N) is 2. The second-order valence-corrected chi connectivity index (χ2v) is 10.1. The number of piperazine rings is 1. The number of hydrogen-bond donors (Lipinski definition) is 2. The van der Waals surface area contributed by atoms with Crippen LogP contribution in [0.5, 0.6) is 0 Å². The van der Waals surface area contributed by atoms with E-state index in [4.69, 9.17) is 9.72 Å². The lowest BCUT2D eigenvalue weighted by molar-refractivity contribution is 0.122. The van der Waals surface area contributed by atoms with Gasteiger partial charge in [0.2, 0.25) is 0 Å². The summed E-state index contributed by atoms with van der Waals surface area (Å²) < 4.78 is 7.19. The summed E-state index contributed by atoms with van der Waals surface area (Å²) in [6.45, 7) is 9.44. The molecule has 2 aliphatic rings. The molecule has 0 bridgehead atoms. The van der Waals surface area contributed by atoms with Crippen molar-refractivity contribution in [1.82, 2.24) is 24.4 Å². The van der Waals surface area contributed by atoms with Crippen LogP contribution in [0.25, 0.3) is 33.3 Å². The van der Waals surface area contributed by atoms with Crippen molar-refractivity contribution in [1.29, 1.82) is 0 Å². The molecule has 0 atom stereocenters. The fourth-order valence-electron chi connectivity index (χ4n) is 5.30. The maximum absolute atomic E-state index is 13.7. The number of hydrogen-bond acceptors (Lipinski definition) is 7. The Hall–Kier alpha value is -3.40. The van der Waals surface area contributed by atoms with Crippen molar-refractivity contribution in [3.63, 3.8) is 0 Å². The van der Waals surface area contributed by atoms with Gasteiger partial charge in [0.15, 0.2) is 0 Å². The average molecular weight is 502 g/mol. The SMILES string of the molecule is CN1CCN(CCCNn2c(=O)c(-c3nc4ccc(N5CCOCC5)cc4[nH]3)cc3ccccc32)CC1. The Labute approximate surface area is 216 Å². The third kappa shape index (κ3) is 5.07. The number of ether oxygens (including phenoxy) is 1. The summed E-state index contributed by atoms with van der Waals surface area (Å²) >= 11 is 0. The van der Waals surface area contributed by atoms with Gasteiger partial charge in [0.1, 0.15) is 5.82 Å². The van der Waals surface area contributed by atoms with Crippen LogP contribution in [0.3, 0.4) is 0 Å². The second-order valence-electron chi connectivity index (χ2n) is 10.1. The number of nitrogens with zero attached hydrogens (tertiary/aromatic N) is 5. The number of H-pyrrole nitrogens is 1. The largest absolute Gasteiger partial charge is 0.378 e. The van der Waals surface area contributed by atoms with E-state index in [1.807, 2.05) is 36.4 Å². The molecule has 4 aromatic rings. The molecule has 2 N–H and O–H groups in total. The van der Waals surface area contributed by atoms with Crippen LogP contribution in [0.4, 0.5) is 5.69 Å². The van der Waals surface area contributed by atoms with Crippen LogP contribution < -0.4 is 15.9 Å². The van der Waals surface area contributed by atoms with Gasteiger partial charge >= 0.3 is 0 Å². The standard InChI is InChI=1S/C28H35N7O2/c1-32-11-13-33(14-12-32)10-4-9-29-35-26-6-3-2-5-21(26)19-23(28(35)36)27-30-24-8-7-22(20-25(24)31-27)34-15-17-37-18-16-34/h2-3,5-8,19-20,29H,4,9-18H2,1H3,(H,30,31). The number of morpholine rings is 1. The Kier molecular flexibility index (Phi) is 6.82. The fourth-order valence-corrected chi connectivity index (χ4v) is 5.30. The molecule has 4 heterocycles. The minimum atomic E-state index is -0.0919. The zero-order valence-corrected chi connectivity index (χ0v) is 21.4. The number of aromatic amines is 1. The van der Waals surface area contributed by atoms with Gasteiger partial charge in [-0.2, -0.15) is 0 Å². The molecule has 194 valence electrons. The molecule has 0 spiro atoms. The monoisotopic (exact) mass is 501 g/mol. The Morgan fingerprint density at radius 1 is 1.00 bits per heavy atom. The molecule has 0 amide bonds. The van der Waals surface area contributed by atoms with Crippen molar-refractivity contribution in [2.75, 3.05) is 82.9 Å². The minimum absolute atomic E-state index is 0.0919. The Bertz CT molecular complexity index is 1430. The maximum Gasteiger partial charge on any atom is 0.280 e. The Balaban J connectivity index is 1.26. The Morgan fingerprint density at radius 2 is 1.81 bits per heavy atom. The lowest BCUT2D eigenvalue weighted by Crippen LogP contribution is -2.45. The van der Waals surface area contributed by atoms with Gasteiger partial charge in [0.25, 0.3) is 5.56 Å². The van der Waals surface area contributed by atoms with E-state index in [-0.39, 0.29) is 5.56 Å². The summed E-state index contributed by atoms with van der Waals surface area (Å²) in [4.78, 5) is 29.1. The third-order valence-electron chi connectivity index (χ3n) is 7.52. The number of anilines is 1. The van der Waals surface area contributed by atoms with Crippen molar-refractivity contribution in [2.24, 2.45) is 0 Å². The van der Waals surface area contributed by atoms with E-state index in [1.165, 1.54) is 0 Å². The number of aromatic nitrogens is 3. The smallest absolute Gasteiger partial charge is 0.280 e. The molecule has 0 saturated carbocycles. The first-order valence-corrected chi connectivity index (χ1v) is 13.3. The van der Waals surface area contributed by atoms with Crippen LogP contribution in [0.2, 0.25) is 0 Å². The summed E-state index contributed by atoms with van der Waals surface area (Å²) in [5, 5.41) is 0.998. The molecule has 37 heavy (non-hydrogen) atoms. The summed E-state index contributed by atoms with van der Waals surface area (Å²) in [5.41, 5.74) is 7.68. The van der Waals surface area contributed by atoms with Crippen molar-refractivity contribution >= 4 is 27.6 Å². The van der Waals surface area contributed by atoms with Crippen molar-refractivity contribution in [2.45, 2.75) is 6.42 Å². The molecule has 2 saturated heterocycles. The number of likely N-dealkylation sites (N-methyl/N-ethyl adjacent to an activating group) is 1. The van der Waals surface area contributed by atoms with Crippen molar-refractivity contribution in [3.8, 4) is 11.4 Å². The average Bonchev–Trinajstić information content (AvgIpc) is 3.36. The van der Waals surface area contributed by atoms with Crippen LogP contribution >= 0.6 is 0 Å². The summed E-state index contributed by atoms with van der Waals surface area (Å²) in [7, 11) is 2.18. The molecule has 9 nitrogen and oxygen atoms in total. The van der Waals surface area contributed by atoms with Crippen LogP contribution in [0.1, 0.15) is 6.42 Å². The number of imidazole rings is 1. The number of pyridine rings is 1. The van der Waals surface area contributed by atoms with E-state index in [2.05, 4.69) is 44.3 Å². The second kappa shape index (κ2) is 10.5. The third-order valence-corrected chi connectivity index (χ3v) is 7.52. The highest BCUT2D eigenvalue weighted by Gasteiger charge is 2.17. The van der Waals surface area contributed by atoms with E-state index in [1.54, 1.807) is 4.68 Å². The predicted molar refractivity (Wildman–Crippen MR) is 149 cm³/mol. The van der Waals surface area contributed by atoms with Gasteiger partial charge in [-0.3, -0.25) is 4.79 Å². The maximum atomic E-state index is 13.7. The molecule has 2 fully saturated rings. The topological polar surface area (TPSA) is 81.7 Å². The molecular formula is C28H35N7O2. The summed E-state index contributed by atoms with van der Waals surface area (Å²) in [5.74, 6) is 0.595. The molecule has 9 heteroatoms. The van der Waals surface area contributed by atoms with E-state index in [9.17, 15) is 4.79 Å².